The van der Waals surface area contributed by atoms with E-state index in [4.69, 9.17) is 4.42 Å². The Labute approximate surface area is 153 Å². The van der Waals surface area contributed by atoms with Crippen LogP contribution in [0.1, 0.15) is 34.5 Å². The maximum atomic E-state index is 12.7. The Morgan fingerprint density at radius 3 is 2.50 bits per heavy atom. The maximum absolute atomic E-state index is 12.7. The van der Waals surface area contributed by atoms with Gasteiger partial charge in [0.1, 0.15) is 5.58 Å². The zero-order chi connectivity index (χ0) is 17.9. The van der Waals surface area contributed by atoms with Crippen LogP contribution in [0.5, 0.6) is 0 Å². The summed E-state index contributed by atoms with van der Waals surface area (Å²) in [5.41, 5.74) is 3.03. The van der Waals surface area contributed by atoms with Crippen LogP contribution in [0.3, 0.4) is 0 Å². The maximum Gasteiger partial charge on any atom is 0.287 e. The molecule has 1 aliphatic heterocycles. The Kier molecular flexibility index (Phi) is 4.76. The molecule has 1 aromatic heterocycles. The van der Waals surface area contributed by atoms with E-state index in [-0.39, 0.29) is 11.9 Å². The summed E-state index contributed by atoms with van der Waals surface area (Å²) < 4.78 is 5.78. The molecule has 1 aliphatic rings. The van der Waals surface area contributed by atoms with Crippen molar-refractivity contribution in [3.63, 3.8) is 0 Å². The number of nitrogens with one attached hydrogen (secondary N) is 1. The molecule has 4 heteroatoms. The molecule has 3 aromatic rings. The predicted molar refractivity (Wildman–Crippen MR) is 103 cm³/mol. The lowest BCUT2D eigenvalue weighted by molar-refractivity contribution is 0.0882. The van der Waals surface area contributed by atoms with Gasteiger partial charge in [0.05, 0.1) is 0 Å². The monoisotopic (exact) mass is 348 g/mol. The summed E-state index contributed by atoms with van der Waals surface area (Å²) in [5.74, 6) is 0.345. The molecule has 26 heavy (non-hydrogen) atoms. The number of hydrogen-bond donors (Lipinski definition) is 1. The van der Waals surface area contributed by atoms with Crippen LogP contribution >= 0.6 is 0 Å². The van der Waals surface area contributed by atoms with E-state index in [0.29, 0.717) is 5.76 Å². The third-order valence-electron chi connectivity index (χ3n) is 5.22. The van der Waals surface area contributed by atoms with Crippen molar-refractivity contribution in [3.05, 3.63) is 71.5 Å². The van der Waals surface area contributed by atoms with Crippen molar-refractivity contribution in [1.82, 2.24) is 10.2 Å². The summed E-state index contributed by atoms with van der Waals surface area (Å²) in [7, 11) is 0. The molecular weight excluding hydrogens is 324 g/mol. The Balaban J connectivity index is 1.35. The zero-order valence-electron chi connectivity index (χ0n) is 15.1. The Morgan fingerprint density at radius 2 is 1.77 bits per heavy atom. The third-order valence-corrected chi connectivity index (χ3v) is 5.22. The van der Waals surface area contributed by atoms with Crippen LogP contribution in [0, 0.1) is 6.92 Å². The molecule has 134 valence electrons. The summed E-state index contributed by atoms with van der Waals surface area (Å²) in [6, 6.07) is 18.5. The van der Waals surface area contributed by atoms with E-state index >= 15 is 0 Å². The normalized spacial score (nSPS) is 16.0. The van der Waals surface area contributed by atoms with E-state index in [2.05, 4.69) is 34.5 Å². The molecule has 0 bridgehead atoms. The topological polar surface area (TPSA) is 45.5 Å². The number of carbonyl (C=O) groups is 1. The molecule has 1 amide bonds. The minimum atomic E-state index is -0.0970. The first-order valence-corrected chi connectivity index (χ1v) is 9.26. The molecule has 2 heterocycles. The standard InChI is InChI=1S/C22H24N2O2/c1-16-19-9-5-6-10-20(19)26-21(16)22(25)23-18-11-13-24(14-12-18)15-17-7-3-2-4-8-17/h2-10,18H,11-15H2,1H3,(H,23,25). The van der Waals surface area contributed by atoms with Gasteiger partial charge in [0, 0.05) is 36.6 Å². The number of benzene rings is 2. The molecule has 2 aromatic carbocycles. The molecule has 0 aliphatic carbocycles. The Morgan fingerprint density at radius 1 is 1.08 bits per heavy atom. The summed E-state index contributed by atoms with van der Waals surface area (Å²) in [4.78, 5) is 15.1. The Bertz CT molecular complexity index is 893. The van der Waals surface area contributed by atoms with Crippen molar-refractivity contribution in [1.29, 1.82) is 0 Å². The van der Waals surface area contributed by atoms with E-state index in [1.165, 1.54) is 5.56 Å². The van der Waals surface area contributed by atoms with Gasteiger partial charge in [-0.25, -0.2) is 0 Å². The van der Waals surface area contributed by atoms with Crippen LogP contribution in [0.25, 0.3) is 11.0 Å². The van der Waals surface area contributed by atoms with Crippen LogP contribution in [0.4, 0.5) is 0 Å². The van der Waals surface area contributed by atoms with Crippen molar-refractivity contribution < 1.29 is 9.21 Å². The van der Waals surface area contributed by atoms with Crippen molar-refractivity contribution in [2.24, 2.45) is 0 Å². The van der Waals surface area contributed by atoms with Gasteiger partial charge in [0.15, 0.2) is 5.76 Å². The fraction of sp³-hybridized carbons (Fsp3) is 0.318. The largest absolute Gasteiger partial charge is 0.451 e. The van der Waals surface area contributed by atoms with Crippen LogP contribution in [0.2, 0.25) is 0 Å². The second-order valence-electron chi connectivity index (χ2n) is 7.06. The number of para-hydroxylation sites is 1. The van der Waals surface area contributed by atoms with Crippen molar-refractivity contribution >= 4 is 16.9 Å². The SMILES string of the molecule is Cc1c(C(=O)NC2CCN(Cc3ccccc3)CC2)oc2ccccc12. The van der Waals surface area contributed by atoms with Gasteiger partial charge in [-0.2, -0.15) is 0 Å². The fourth-order valence-electron chi connectivity index (χ4n) is 3.72. The summed E-state index contributed by atoms with van der Waals surface area (Å²) in [5, 5.41) is 4.17. The van der Waals surface area contributed by atoms with Crippen molar-refractivity contribution in [2.45, 2.75) is 32.4 Å². The predicted octanol–water partition coefficient (Wildman–Crippen LogP) is 4.14. The van der Waals surface area contributed by atoms with Crippen LogP contribution in [0.15, 0.2) is 59.0 Å². The highest BCUT2D eigenvalue weighted by atomic mass is 16.3. The number of hydrogen-bond acceptors (Lipinski definition) is 3. The van der Waals surface area contributed by atoms with E-state index in [0.717, 1.165) is 49.0 Å². The quantitative estimate of drug-likeness (QED) is 0.771. The first-order valence-electron chi connectivity index (χ1n) is 9.26. The highest BCUT2D eigenvalue weighted by Crippen LogP contribution is 2.25. The lowest BCUT2D eigenvalue weighted by Gasteiger charge is -2.32. The lowest BCUT2D eigenvalue weighted by Crippen LogP contribution is -2.44. The number of aryl methyl sites for hydroxylation is 1. The number of likely N-dealkylation sites (tertiary alicyclic amines) is 1. The lowest BCUT2D eigenvalue weighted by atomic mass is 10.0. The van der Waals surface area contributed by atoms with Gasteiger partial charge in [0.2, 0.25) is 0 Å². The highest BCUT2D eigenvalue weighted by molar-refractivity contribution is 5.99. The molecule has 1 fully saturated rings. The minimum absolute atomic E-state index is 0.0970. The molecule has 4 nitrogen and oxygen atoms in total. The van der Waals surface area contributed by atoms with Gasteiger partial charge in [0.25, 0.3) is 5.91 Å². The first-order chi connectivity index (χ1) is 12.7. The highest BCUT2D eigenvalue weighted by Gasteiger charge is 2.24. The average molecular weight is 348 g/mol. The molecule has 0 atom stereocenters. The fourth-order valence-corrected chi connectivity index (χ4v) is 3.72. The van der Waals surface area contributed by atoms with E-state index in [9.17, 15) is 4.79 Å². The average Bonchev–Trinajstić information content (AvgIpc) is 3.01. The summed E-state index contributed by atoms with van der Waals surface area (Å²) in [6.07, 6.45) is 1.94. The van der Waals surface area contributed by atoms with Gasteiger partial charge < -0.3 is 9.73 Å². The number of amides is 1. The molecule has 0 unspecified atom stereocenters. The zero-order valence-corrected chi connectivity index (χ0v) is 15.1. The van der Waals surface area contributed by atoms with E-state index < -0.39 is 0 Å². The van der Waals surface area contributed by atoms with Gasteiger partial charge in [-0.1, -0.05) is 48.5 Å². The van der Waals surface area contributed by atoms with Gasteiger partial charge >= 0.3 is 0 Å². The van der Waals surface area contributed by atoms with E-state index in [1.54, 1.807) is 0 Å². The third kappa shape index (κ3) is 3.51. The molecule has 0 saturated carbocycles. The Hall–Kier alpha value is -2.59. The van der Waals surface area contributed by atoms with Crippen LogP contribution < -0.4 is 5.32 Å². The van der Waals surface area contributed by atoms with Gasteiger partial charge in [-0.05, 0) is 31.4 Å². The second-order valence-corrected chi connectivity index (χ2v) is 7.06. The van der Waals surface area contributed by atoms with Crippen LogP contribution in [-0.4, -0.2) is 29.9 Å². The number of rotatable bonds is 4. The summed E-state index contributed by atoms with van der Waals surface area (Å²) >= 11 is 0. The number of piperidine rings is 1. The van der Waals surface area contributed by atoms with Gasteiger partial charge in [-0.3, -0.25) is 9.69 Å². The second kappa shape index (κ2) is 7.34. The minimum Gasteiger partial charge on any atom is -0.451 e. The van der Waals surface area contributed by atoms with Crippen molar-refractivity contribution in [2.75, 3.05) is 13.1 Å². The number of furan rings is 1. The molecule has 4 rings (SSSR count). The van der Waals surface area contributed by atoms with Crippen molar-refractivity contribution in [3.8, 4) is 0 Å². The molecule has 0 radical (unpaired) electrons. The molecule has 1 saturated heterocycles. The molecule has 1 N–H and O–H groups in total. The number of fused-ring (bicyclic) bond motifs is 1. The molecular formula is C22H24N2O2. The number of carbonyl (C=O) groups excluding carboxylic acids is 1. The number of nitrogens with zero attached hydrogens (tertiary/aromatic N) is 1. The van der Waals surface area contributed by atoms with E-state index in [1.807, 2.05) is 37.3 Å². The smallest absolute Gasteiger partial charge is 0.287 e. The summed E-state index contributed by atoms with van der Waals surface area (Å²) in [6.45, 7) is 4.92. The van der Waals surface area contributed by atoms with Gasteiger partial charge in [-0.15, -0.1) is 0 Å². The van der Waals surface area contributed by atoms with Crippen LogP contribution in [-0.2, 0) is 6.54 Å². The molecule has 0 spiro atoms. The first kappa shape index (κ1) is 16.9.